The average molecular weight is 234 g/mol. The lowest BCUT2D eigenvalue weighted by atomic mass is 10.2. The van der Waals surface area contributed by atoms with Gasteiger partial charge in [0.15, 0.2) is 0 Å². The first-order chi connectivity index (χ1) is 8.08. The predicted molar refractivity (Wildman–Crippen MR) is 67.6 cm³/mol. The molecule has 1 fully saturated rings. The number of aryl methyl sites for hydroxylation is 1. The number of pyridine rings is 1. The van der Waals surface area contributed by atoms with E-state index in [4.69, 9.17) is 15.9 Å². The van der Waals surface area contributed by atoms with Crippen LogP contribution in [-0.4, -0.2) is 36.6 Å². The second kappa shape index (κ2) is 4.71. The predicted octanol–water partition coefficient (Wildman–Crippen LogP) is 0.899. The Morgan fingerprint density at radius 3 is 3.00 bits per heavy atom. The summed E-state index contributed by atoms with van der Waals surface area (Å²) in [7, 11) is 0. The summed E-state index contributed by atoms with van der Waals surface area (Å²) in [6.07, 6.45) is 0.186. The minimum Gasteiger partial charge on any atom is -0.384 e. The highest BCUT2D eigenvalue weighted by atomic mass is 16.5. The minimum absolute atomic E-state index is 0.0617. The summed E-state index contributed by atoms with van der Waals surface area (Å²) >= 11 is 0. The van der Waals surface area contributed by atoms with Crippen LogP contribution in [0.3, 0.4) is 0 Å². The largest absolute Gasteiger partial charge is 0.384 e. The van der Waals surface area contributed by atoms with Gasteiger partial charge in [-0.1, -0.05) is 0 Å². The molecule has 1 aromatic heterocycles. The van der Waals surface area contributed by atoms with Gasteiger partial charge in [0, 0.05) is 18.8 Å². The Bertz CT molecular complexity index is 433. The number of amidine groups is 1. The van der Waals surface area contributed by atoms with Crippen molar-refractivity contribution in [1.82, 2.24) is 4.98 Å². The maximum atomic E-state index is 7.60. The summed E-state index contributed by atoms with van der Waals surface area (Å²) in [6, 6.07) is 3.74. The van der Waals surface area contributed by atoms with E-state index in [1.165, 1.54) is 0 Å². The minimum atomic E-state index is 0.0617. The Hall–Kier alpha value is -1.62. The average Bonchev–Trinajstić information content (AvgIpc) is 2.28. The van der Waals surface area contributed by atoms with Crippen molar-refractivity contribution in [3.63, 3.8) is 0 Å². The van der Waals surface area contributed by atoms with Crippen LogP contribution in [0.5, 0.6) is 0 Å². The summed E-state index contributed by atoms with van der Waals surface area (Å²) in [5.74, 6) is 0.860. The van der Waals surface area contributed by atoms with Crippen LogP contribution in [0.15, 0.2) is 12.1 Å². The molecule has 0 aromatic carbocycles. The molecule has 1 aromatic rings. The van der Waals surface area contributed by atoms with Crippen molar-refractivity contribution >= 4 is 11.7 Å². The van der Waals surface area contributed by atoms with Crippen LogP contribution in [0.2, 0.25) is 0 Å². The quantitative estimate of drug-likeness (QED) is 0.589. The van der Waals surface area contributed by atoms with Crippen LogP contribution in [0.25, 0.3) is 0 Å². The van der Waals surface area contributed by atoms with Crippen molar-refractivity contribution in [2.75, 3.05) is 24.6 Å². The maximum absolute atomic E-state index is 7.60. The zero-order valence-electron chi connectivity index (χ0n) is 10.2. The molecule has 1 atom stereocenters. The van der Waals surface area contributed by atoms with E-state index in [1.54, 1.807) is 0 Å². The Kier molecular flexibility index (Phi) is 3.28. The van der Waals surface area contributed by atoms with Gasteiger partial charge in [0.1, 0.15) is 11.7 Å². The lowest BCUT2D eigenvalue weighted by Crippen LogP contribution is -2.42. The van der Waals surface area contributed by atoms with Gasteiger partial charge in [-0.05, 0) is 26.0 Å². The normalized spacial score (nSPS) is 20.4. The molecule has 2 heterocycles. The first kappa shape index (κ1) is 11.9. The van der Waals surface area contributed by atoms with Gasteiger partial charge in [0.2, 0.25) is 0 Å². The van der Waals surface area contributed by atoms with Gasteiger partial charge in [0.05, 0.1) is 18.3 Å². The number of nitrogens with one attached hydrogen (secondary N) is 1. The molecule has 92 valence electrons. The van der Waals surface area contributed by atoms with Crippen LogP contribution in [0.1, 0.15) is 18.2 Å². The number of nitrogen functional groups attached to an aromatic ring is 1. The summed E-state index contributed by atoms with van der Waals surface area (Å²) in [6.45, 7) is 6.25. The summed E-state index contributed by atoms with van der Waals surface area (Å²) in [5, 5.41) is 7.60. The fourth-order valence-corrected chi connectivity index (χ4v) is 2.01. The van der Waals surface area contributed by atoms with Crippen LogP contribution < -0.4 is 10.6 Å². The molecule has 0 amide bonds. The third-order valence-corrected chi connectivity index (χ3v) is 2.85. The molecular weight excluding hydrogens is 216 g/mol. The zero-order chi connectivity index (χ0) is 12.4. The van der Waals surface area contributed by atoms with Crippen molar-refractivity contribution in [1.29, 1.82) is 5.41 Å². The second-order valence-electron chi connectivity index (χ2n) is 4.36. The summed E-state index contributed by atoms with van der Waals surface area (Å²) in [4.78, 5) is 6.64. The Labute approximate surface area is 101 Å². The standard InChI is InChI=1S/C12H18N4O/c1-8-3-4-10(11(13)14)12(15-8)16-5-6-17-9(2)7-16/h3-4,9H,5-7H2,1-2H3,(H3,13,14). The highest BCUT2D eigenvalue weighted by Crippen LogP contribution is 2.20. The number of hydrogen-bond donors (Lipinski definition) is 2. The van der Waals surface area contributed by atoms with E-state index in [-0.39, 0.29) is 11.9 Å². The van der Waals surface area contributed by atoms with Crippen molar-refractivity contribution < 1.29 is 4.74 Å². The molecule has 1 saturated heterocycles. The van der Waals surface area contributed by atoms with Gasteiger partial charge in [-0.3, -0.25) is 5.41 Å². The van der Waals surface area contributed by atoms with Gasteiger partial charge < -0.3 is 15.4 Å². The highest BCUT2D eigenvalue weighted by Gasteiger charge is 2.21. The second-order valence-corrected chi connectivity index (χ2v) is 4.36. The molecule has 0 radical (unpaired) electrons. The number of rotatable bonds is 2. The molecule has 1 unspecified atom stereocenters. The van der Waals surface area contributed by atoms with Gasteiger partial charge in [-0.15, -0.1) is 0 Å². The Balaban J connectivity index is 2.35. The van der Waals surface area contributed by atoms with E-state index in [2.05, 4.69) is 9.88 Å². The Morgan fingerprint density at radius 2 is 2.35 bits per heavy atom. The van der Waals surface area contributed by atoms with Gasteiger partial charge in [0.25, 0.3) is 0 Å². The molecule has 5 heteroatoms. The van der Waals surface area contributed by atoms with E-state index >= 15 is 0 Å². The molecule has 5 nitrogen and oxygen atoms in total. The molecule has 0 aliphatic carbocycles. The first-order valence-electron chi connectivity index (χ1n) is 5.76. The number of aromatic nitrogens is 1. The van der Waals surface area contributed by atoms with E-state index in [1.807, 2.05) is 26.0 Å². The topological polar surface area (TPSA) is 75.2 Å². The van der Waals surface area contributed by atoms with Crippen molar-refractivity contribution in [3.05, 3.63) is 23.4 Å². The highest BCUT2D eigenvalue weighted by molar-refractivity contribution is 5.99. The van der Waals surface area contributed by atoms with Crippen LogP contribution >= 0.6 is 0 Å². The van der Waals surface area contributed by atoms with Crippen LogP contribution in [-0.2, 0) is 4.74 Å². The van der Waals surface area contributed by atoms with Gasteiger partial charge in [-0.25, -0.2) is 4.98 Å². The van der Waals surface area contributed by atoms with Crippen LogP contribution in [0, 0.1) is 12.3 Å². The number of nitrogens with zero attached hydrogens (tertiary/aromatic N) is 2. The molecule has 1 aliphatic heterocycles. The van der Waals surface area contributed by atoms with E-state index in [0.29, 0.717) is 12.2 Å². The summed E-state index contributed by atoms with van der Waals surface area (Å²) in [5.41, 5.74) is 7.22. The monoisotopic (exact) mass is 234 g/mol. The Morgan fingerprint density at radius 1 is 1.59 bits per heavy atom. The molecular formula is C12H18N4O. The van der Waals surface area contributed by atoms with Crippen molar-refractivity contribution in [3.8, 4) is 0 Å². The third-order valence-electron chi connectivity index (χ3n) is 2.85. The first-order valence-corrected chi connectivity index (χ1v) is 5.76. The third kappa shape index (κ3) is 2.55. The maximum Gasteiger partial charge on any atom is 0.140 e. The number of ether oxygens (including phenoxy) is 1. The van der Waals surface area contributed by atoms with E-state index in [9.17, 15) is 0 Å². The van der Waals surface area contributed by atoms with E-state index in [0.717, 1.165) is 24.6 Å². The number of hydrogen-bond acceptors (Lipinski definition) is 4. The zero-order valence-corrected chi connectivity index (χ0v) is 10.2. The van der Waals surface area contributed by atoms with Crippen LogP contribution in [0.4, 0.5) is 5.82 Å². The van der Waals surface area contributed by atoms with Crippen molar-refractivity contribution in [2.45, 2.75) is 20.0 Å². The molecule has 17 heavy (non-hydrogen) atoms. The van der Waals surface area contributed by atoms with Gasteiger partial charge in [-0.2, -0.15) is 0 Å². The fourth-order valence-electron chi connectivity index (χ4n) is 2.01. The molecule has 0 saturated carbocycles. The smallest absolute Gasteiger partial charge is 0.140 e. The molecule has 3 N–H and O–H groups in total. The fraction of sp³-hybridized carbons (Fsp3) is 0.500. The van der Waals surface area contributed by atoms with E-state index < -0.39 is 0 Å². The lowest BCUT2D eigenvalue weighted by Gasteiger charge is -2.33. The molecule has 0 bridgehead atoms. The van der Waals surface area contributed by atoms with Crippen molar-refractivity contribution in [2.24, 2.45) is 5.73 Å². The molecule has 0 spiro atoms. The number of anilines is 1. The lowest BCUT2D eigenvalue weighted by molar-refractivity contribution is 0.0529. The summed E-state index contributed by atoms with van der Waals surface area (Å²) < 4.78 is 5.51. The number of nitrogens with two attached hydrogens (primary N) is 1. The SMILES string of the molecule is Cc1ccc(C(=N)N)c(N2CCOC(C)C2)n1. The molecule has 2 rings (SSSR count). The number of morpholine rings is 1. The van der Waals surface area contributed by atoms with Gasteiger partial charge >= 0.3 is 0 Å². The molecule has 1 aliphatic rings.